The lowest BCUT2D eigenvalue weighted by Crippen LogP contribution is -2.44. The van der Waals surface area contributed by atoms with E-state index in [0.29, 0.717) is 12.6 Å². The number of nitrogens with one attached hydrogen (secondary N) is 1. The van der Waals surface area contributed by atoms with E-state index in [9.17, 15) is 9.59 Å². The van der Waals surface area contributed by atoms with Crippen LogP contribution in [0.25, 0.3) is 0 Å². The third kappa shape index (κ3) is 4.08. The Morgan fingerprint density at radius 3 is 2.60 bits per heavy atom. The highest BCUT2D eigenvalue weighted by atomic mass is 35.5. The molecule has 1 saturated carbocycles. The van der Waals surface area contributed by atoms with Crippen LogP contribution < -0.4 is 5.32 Å². The van der Waals surface area contributed by atoms with Crippen molar-refractivity contribution in [2.75, 3.05) is 12.4 Å². The molecule has 0 aliphatic heterocycles. The maximum atomic E-state index is 11.7. The van der Waals surface area contributed by atoms with Crippen molar-refractivity contribution in [2.45, 2.75) is 38.6 Å². The molecule has 1 rings (SSSR count). The van der Waals surface area contributed by atoms with Crippen molar-refractivity contribution < 1.29 is 9.59 Å². The molecule has 0 radical (unpaired) electrons. The number of carbonyl (C=O) groups excluding carboxylic acids is 2. The Bertz CT molecular complexity index is 242. The molecule has 0 unspecified atom stereocenters. The summed E-state index contributed by atoms with van der Waals surface area (Å²) in [5, 5.41) is 2.35. The molecule has 0 bridgehead atoms. The minimum Gasteiger partial charge on any atom is -0.321 e. The summed E-state index contributed by atoms with van der Waals surface area (Å²) in [5.74, 6) is -0.0483. The fourth-order valence-corrected chi connectivity index (χ4v) is 1.59. The first-order valence-corrected chi connectivity index (χ1v) is 5.89. The van der Waals surface area contributed by atoms with Gasteiger partial charge in [-0.1, -0.05) is 6.92 Å². The van der Waals surface area contributed by atoms with Crippen molar-refractivity contribution in [3.63, 3.8) is 0 Å². The molecule has 0 aromatic carbocycles. The normalized spacial score (nSPS) is 14.8. The van der Waals surface area contributed by atoms with Crippen molar-refractivity contribution >= 4 is 23.5 Å². The minimum atomic E-state index is -0.295. The van der Waals surface area contributed by atoms with Crippen LogP contribution in [0, 0.1) is 0 Å². The van der Waals surface area contributed by atoms with Gasteiger partial charge in [0.1, 0.15) is 0 Å². The molecule has 0 atom stereocenters. The zero-order valence-corrected chi connectivity index (χ0v) is 9.72. The molecule has 1 aliphatic rings. The highest BCUT2D eigenvalue weighted by Gasteiger charge is 2.32. The summed E-state index contributed by atoms with van der Waals surface area (Å²) in [5.41, 5.74) is 0. The highest BCUT2D eigenvalue weighted by Crippen LogP contribution is 2.26. The van der Waals surface area contributed by atoms with Gasteiger partial charge in [-0.05, 0) is 19.3 Å². The van der Waals surface area contributed by atoms with Crippen molar-refractivity contribution in [1.29, 1.82) is 0 Å². The topological polar surface area (TPSA) is 49.4 Å². The molecule has 1 aliphatic carbocycles. The average molecular weight is 233 g/mol. The Balaban J connectivity index is 2.38. The van der Waals surface area contributed by atoms with Crippen LogP contribution in [-0.2, 0) is 4.79 Å². The molecular formula is C10H17ClN2O2. The van der Waals surface area contributed by atoms with Gasteiger partial charge < -0.3 is 4.90 Å². The van der Waals surface area contributed by atoms with Crippen LogP contribution in [0.5, 0.6) is 0 Å². The molecule has 1 N–H and O–H groups in total. The molecule has 0 heterocycles. The van der Waals surface area contributed by atoms with Crippen LogP contribution in [0.2, 0.25) is 0 Å². The number of halogens is 1. The molecular weight excluding hydrogens is 216 g/mol. The van der Waals surface area contributed by atoms with Crippen LogP contribution >= 0.6 is 11.6 Å². The Kier molecular flexibility index (Phi) is 4.88. The van der Waals surface area contributed by atoms with Crippen LogP contribution in [0.15, 0.2) is 0 Å². The van der Waals surface area contributed by atoms with Crippen molar-refractivity contribution in [3.8, 4) is 0 Å². The molecule has 0 saturated heterocycles. The van der Waals surface area contributed by atoms with Gasteiger partial charge >= 0.3 is 6.03 Å². The first-order chi connectivity index (χ1) is 7.19. The predicted molar refractivity (Wildman–Crippen MR) is 58.9 cm³/mol. The second kappa shape index (κ2) is 5.95. The van der Waals surface area contributed by atoms with Gasteiger partial charge in [-0.25, -0.2) is 4.79 Å². The summed E-state index contributed by atoms with van der Waals surface area (Å²) < 4.78 is 0. The number of amides is 3. The summed E-state index contributed by atoms with van der Waals surface area (Å²) in [6, 6.07) is 0.0724. The second-order valence-corrected chi connectivity index (χ2v) is 4.09. The van der Waals surface area contributed by atoms with Gasteiger partial charge in [0.2, 0.25) is 5.91 Å². The van der Waals surface area contributed by atoms with Gasteiger partial charge in [0.25, 0.3) is 0 Å². The monoisotopic (exact) mass is 232 g/mol. The fraction of sp³-hybridized carbons (Fsp3) is 0.800. The summed E-state index contributed by atoms with van der Waals surface area (Å²) >= 11 is 5.41. The molecule has 0 spiro atoms. The third-order valence-electron chi connectivity index (χ3n) is 2.28. The lowest BCUT2D eigenvalue weighted by molar-refractivity contribution is -0.119. The number of imide groups is 1. The molecule has 0 aromatic heterocycles. The van der Waals surface area contributed by atoms with Gasteiger partial charge in [0.05, 0.1) is 0 Å². The molecule has 5 heteroatoms. The van der Waals surface area contributed by atoms with E-state index in [1.807, 2.05) is 6.92 Å². The molecule has 86 valence electrons. The first kappa shape index (κ1) is 12.3. The van der Waals surface area contributed by atoms with Crippen LogP contribution in [-0.4, -0.2) is 35.3 Å². The molecule has 1 fully saturated rings. The van der Waals surface area contributed by atoms with Crippen LogP contribution in [0.3, 0.4) is 0 Å². The summed E-state index contributed by atoms with van der Waals surface area (Å²) in [6.07, 6.45) is 3.21. The maximum Gasteiger partial charge on any atom is 0.324 e. The Labute approximate surface area is 95.0 Å². The summed E-state index contributed by atoms with van der Waals surface area (Å²) in [6.45, 7) is 2.73. The van der Waals surface area contributed by atoms with Gasteiger partial charge in [-0.15, -0.1) is 11.6 Å². The van der Waals surface area contributed by atoms with E-state index in [0.717, 1.165) is 19.3 Å². The number of alkyl halides is 1. The fourth-order valence-electron chi connectivity index (χ4n) is 1.42. The average Bonchev–Trinajstić information content (AvgIpc) is 2.97. The van der Waals surface area contributed by atoms with E-state index in [2.05, 4.69) is 5.32 Å². The van der Waals surface area contributed by atoms with Gasteiger partial charge in [-0.2, -0.15) is 0 Å². The summed E-state index contributed by atoms with van der Waals surface area (Å²) in [7, 11) is 0. The van der Waals surface area contributed by atoms with E-state index in [1.54, 1.807) is 4.90 Å². The zero-order chi connectivity index (χ0) is 11.3. The van der Waals surface area contributed by atoms with Gasteiger partial charge in [0.15, 0.2) is 0 Å². The van der Waals surface area contributed by atoms with Gasteiger partial charge in [0, 0.05) is 24.9 Å². The molecule has 15 heavy (non-hydrogen) atoms. The van der Waals surface area contributed by atoms with E-state index in [-0.39, 0.29) is 24.2 Å². The number of urea groups is 1. The van der Waals surface area contributed by atoms with Crippen molar-refractivity contribution in [2.24, 2.45) is 0 Å². The molecule has 4 nitrogen and oxygen atoms in total. The number of hydrogen-bond acceptors (Lipinski definition) is 2. The van der Waals surface area contributed by atoms with Gasteiger partial charge in [-0.3, -0.25) is 10.1 Å². The van der Waals surface area contributed by atoms with Crippen LogP contribution in [0.1, 0.15) is 32.6 Å². The number of rotatable bonds is 5. The number of carbonyl (C=O) groups is 2. The van der Waals surface area contributed by atoms with E-state index in [1.165, 1.54) is 0 Å². The SMILES string of the molecule is CCCN(C(=O)NC(=O)CCCl)C1CC1. The van der Waals surface area contributed by atoms with E-state index in [4.69, 9.17) is 11.6 Å². The smallest absolute Gasteiger partial charge is 0.321 e. The Morgan fingerprint density at radius 2 is 2.13 bits per heavy atom. The zero-order valence-electron chi connectivity index (χ0n) is 8.96. The van der Waals surface area contributed by atoms with E-state index < -0.39 is 0 Å². The second-order valence-electron chi connectivity index (χ2n) is 3.72. The lowest BCUT2D eigenvalue weighted by atomic mass is 10.4. The standard InChI is InChI=1S/C10H17ClN2O2/c1-2-7-13(8-3-4-8)10(15)12-9(14)5-6-11/h8H,2-7H2,1H3,(H,12,14,15). The Morgan fingerprint density at radius 1 is 1.47 bits per heavy atom. The highest BCUT2D eigenvalue weighted by molar-refractivity contribution is 6.19. The molecule has 3 amide bonds. The Hall–Kier alpha value is -0.770. The maximum absolute atomic E-state index is 11.7. The van der Waals surface area contributed by atoms with E-state index >= 15 is 0 Å². The number of hydrogen-bond donors (Lipinski definition) is 1. The predicted octanol–water partition coefficient (Wildman–Crippen LogP) is 1.73. The summed E-state index contributed by atoms with van der Waals surface area (Å²) in [4.78, 5) is 24.6. The van der Waals surface area contributed by atoms with Crippen molar-refractivity contribution in [3.05, 3.63) is 0 Å². The lowest BCUT2D eigenvalue weighted by Gasteiger charge is -2.21. The van der Waals surface area contributed by atoms with Crippen molar-refractivity contribution in [1.82, 2.24) is 10.2 Å². The molecule has 0 aromatic rings. The first-order valence-electron chi connectivity index (χ1n) is 5.35. The third-order valence-corrected chi connectivity index (χ3v) is 2.47. The minimum absolute atomic E-state index is 0.192. The van der Waals surface area contributed by atoms with Crippen LogP contribution in [0.4, 0.5) is 4.79 Å². The quantitative estimate of drug-likeness (QED) is 0.734. The largest absolute Gasteiger partial charge is 0.324 e. The number of nitrogens with zero attached hydrogens (tertiary/aromatic N) is 1.